The average Bonchev–Trinajstić information content (AvgIpc) is 2.87. The molecule has 0 spiro atoms. The van der Waals surface area contributed by atoms with E-state index in [-0.39, 0.29) is 28.6 Å². The molecule has 0 aliphatic carbocycles. The Balaban J connectivity index is 0.000000304. The van der Waals surface area contributed by atoms with E-state index in [2.05, 4.69) is 0 Å². The Morgan fingerprint density at radius 3 is 1.54 bits per heavy atom. The van der Waals surface area contributed by atoms with E-state index in [1.165, 1.54) is 48.5 Å². The van der Waals surface area contributed by atoms with Gasteiger partial charge in [-0.15, -0.1) is 0 Å². The molecule has 0 aliphatic rings. The molecule has 3 rings (SSSR count). The van der Waals surface area contributed by atoms with Crippen LogP contribution in [0.2, 0.25) is 0 Å². The van der Waals surface area contributed by atoms with Gasteiger partial charge in [-0.3, -0.25) is 24.0 Å². The van der Waals surface area contributed by atoms with Crippen LogP contribution in [-0.2, 0) is 36.4 Å². The quantitative estimate of drug-likeness (QED) is 0.136. The third-order valence-corrected chi connectivity index (χ3v) is 6.46. The zero-order valence-electron chi connectivity index (χ0n) is 21.0. The van der Waals surface area contributed by atoms with E-state index in [4.69, 9.17) is 25.3 Å². The monoisotopic (exact) mass is 583 g/mol. The lowest BCUT2D eigenvalue weighted by molar-refractivity contribution is -0.384. The molecule has 0 saturated carbocycles. The second-order valence-electron chi connectivity index (χ2n) is 7.95. The van der Waals surface area contributed by atoms with Crippen LogP contribution in [0.3, 0.4) is 0 Å². The summed E-state index contributed by atoms with van der Waals surface area (Å²) in [5, 5.41) is 10.4. The Hall–Kier alpha value is -3.73. The van der Waals surface area contributed by atoms with Crippen molar-refractivity contribution in [1.29, 1.82) is 0 Å². The van der Waals surface area contributed by atoms with E-state index in [0.717, 1.165) is 11.1 Å². The second-order valence-corrected chi connectivity index (χ2v) is 10.8. The van der Waals surface area contributed by atoms with Crippen LogP contribution in [0.1, 0.15) is 16.7 Å². The number of carbonyl (C=O) groups is 1. The number of non-ortho nitro benzene ring substituents is 1. The molecule has 0 radical (unpaired) electrons. The van der Waals surface area contributed by atoms with Crippen LogP contribution in [0.25, 0.3) is 0 Å². The van der Waals surface area contributed by atoms with E-state index in [9.17, 15) is 31.7 Å². The number of rotatable bonds is 7. The summed E-state index contributed by atoms with van der Waals surface area (Å²) in [5.74, 6) is -0.592. The van der Waals surface area contributed by atoms with E-state index in [0.29, 0.717) is 5.56 Å². The summed E-state index contributed by atoms with van der Waals surface area (Å²) in [5.41, 5.74) is 13.1. The van der Waals surface area contributed by atoms with Gasteiger partial charge in [0.05, 0.1) is 14.7 Å². The summed E-state index contributed by atoms with van der Waals surface area (Å²) in [4.78, 5) is 21.0. The summed E-state index contributed by atoms with van der Waals surface area (Å²) in [6.45, 7) is 3.71. The number of aryl methyl sites for hydroxylation is 2. The highest BCUT2D eigenvalue weighted by molar-refractivity contribution is 7.86. The molecule has 1 unspecified atom stereocenters. The van der Waals surface area contributed by atoms with Crippen LogP contribution in [0.15, 0.2) is 82.6 Å². The van der Waals surface area contributed by atoms with Crippen molar-refractivity contribution >= 4 is 31.9 Å². The average molecular weight is 584 g/mol. The smallest absolute Gasteiger partial charge is 0.324 e. The number of hydrogen-bond acceptors (Lipinski definition) is 10. The van der Waals surface area contributed by atoms with Gasteiger partial charge in [0.15, 0.2) is 0 Å². The second kappa shape index (κ2) is 15.0. The number of carbonyl (C=O) groups excluding carboxylic acids is 1. The highest BCUT2D eigenvalue weighted by atomic mass is 32.2. The zero-order valence-corrected chi connectivity index (χ0v) is 22.6. The van der Waals surface area contributed by atoms with Gasteiger partial charge in [0.1, 0.15) is 12.6 Å². The molecule has 1 atom stereocenters. The van der Waals surface area contributed by atoms with Gasteiger partial charge in [0.2, 0.25) is 0 Å². The third-order valence-electron chi connectivity index (χ3n) is 4.72. The van der Waals surface area contributed by atoms with Crippen molar-refractivity contribution in [3.63, 3.8) is 0 Å². The number of esters is 1. The molecular formula is C24H29N3O10S2. The number of benzene rings is 3. The minimum atomic E-state index is -4.02. The largest absolute Gasteiger partial charge is 0.460 e. The summed E-state index contributed by atoms with van der Waals surface area (Å²) < 4.78 is 64.0. The first kappa shape index (κ1) is 33.3. The maximum atomic E-state index is 11.2. The molecule has 0 amide bonds. The maximum Gasteiger partial charge on any atom is 0.324 e. The number of nitrogens with two attached hydrogens (primary N) is 2. The summed E-state index contributed by atoms with van der Waals surface area (Å²) in [7, 11) is -8.04. The minimum absolute atomic E-state index is 0.0130. The van der Waals surface area contributed by atoms with Gasteiger partial charge in [0, 0.05) is 18.7 Å². The summed E-state index contributed by atoms with van der Waals surface area (Å²) in [6.07, 6.45) is 0. The van der Waals surface area contributed by atoms with E-state index in [1.807, 2.05) is 13.8 Å². The highest BCUT2D eigenvalue weighted by Gasteiger charge is 2.13. The first-order chi connectivity index (χ1) is 18.0. The number of nitro groups is 1. The van der Waals surface area contributed by atoms with Crippen molar-refractivity contribution in [2.24, 2.45) is 11.5 Å². The van der Waals surface area contributed by atoms with Crippen LogP contribution < -0.4 is 11.5 Å². The fourth-order valence-electron chi connectivity index (χ4n) is 2.49. The predicted molar refractivity (Wildman–Crippen MR) is 142 cm³/mol. The zero-order chi connectivity index (χ0) is 29.8. The van der Waals surface area contributed by atoms with Crippen molar-refractivity contribution in [2.75, 3.05) is 6.54 Å². The first-order valence-corrected chi connectivity index (χ1v) is 13.9. The standard InChI is InChI=1S/C10H13N3O4.2C7H8O3S/c11-5-9(12)10(14)17-6-7-1-3-8(4-2-7)13(15)16;2*1-6-2-4-7(5-3-6)11(8,9)10/h1-4,9H,5-6,11-12H2;2*2-5H,1H3,(H,8,9,10). The van der Waals surface area contributed by atoms with Gasteiger partial charge in [-0.2, -0.15) is 16.8 Å². The summed E-state index contributed by atoms with van der Waals surface area (Å²) >= 11 is 0. The molecule has 0 bridgehead atoms. The number of hydrogen-bond donors (Lipinski definition) is 4. The van der Waals surface area contributed by atoms with Crippen LogP contribution >= 0.6 is 0 Å². The van der Waals surface area contributed by atoms with Crippen molar-refractivity contribution in [1.82, 2.24) is 0 Å². The van der Waals surface area contributed by atoms with Gasteiger partial charge in [-0.25, -0.2) is 0 Å². The number of nitro benzene ring substituents is 1. The van der Waals surface area contributed by atoms with Crippen LogP contribution in [0.5, 0.6) is 0 Å². The van der Waals surface area contributed by atoms with Crippen molar-refractivity contribution < 1.29 is 40.4 Å². The van der Waals surface area contributed by atoms with Crippen molar-refractivity contribution in [2.45, 2.75) is 36.3 Å². The Morgan fingerprint density at radius 2 is 1.23 bits per heavy atom. The van der Waals surface area contributed by atoms with Crippen LogP contribution in [-0.4, -0.2) is 49.4 Å². The lowest BCUT2D eigenvalue weighted by atomic mass is 10.2. The van der Waals surface area contributed by atoms with Crippen LogP contribution in [0.4, 0.5) is 5.69 Å². The topological polar surface area (TPSA) is 230 Å². The Bertz CT molecular complexity index is 1370. The van der Waals surface area contributed by atoms with Gasteiger partial charge in [-0.1, -0.05) is 35.4 Å². The highest BCUT2D eigenvalue weighted by Crippen LogP contribution is 2.13. The predicted octanol–water partition coefficient (Wildman–Crippen LogP) is 2.41. The minimum Gasteiger partial charge on any atom is -0.460 e. The van der Waals surface area contributed by atoms with Gasteiger partial charge < -0.3 is 16.2 Å². The molecule has 0 aromatic heterocycles. The molecule has 0 fully saturated rings. The molecular weight excluding hydrogens is 554 g/mol. The molecule has 3 aromatic carbocycles. The lowest BCUT2D eigenvalue weighted by Gasteiger charge is -2.08. The third kappa shape index (κ3) is 12.6. The summed E-state index contributed by atoms with van der Waals surface area (Å²) in [6, 6.07) is 16.8. The van der Waals surface area contributed by atoms with Crippen LogP contribution in [0, 0.1) is 24.0 Å². The number of nitrogens with zero attached hydrogens (tertiary/aromatic N) is 1. The maximum absolute atomic E-state index is 11.2. The van der Waals surface area contributed by atoms with Gasteiger partial charge in [0.25, 0.3) is 25.9 Å². The fraction of sp³-hybridized carbons (Fsp3) is 0.208. The molecule has 6 N–H and O–H groups in total. The fourth-order valence-corrected chi connectivity index (χ4v) is 3.45. The Morgan fingerprint density at radius 1 is 0.846 bits per heavy atom. The Labute approximate surface area is 226 Å². The molecule has 0 saturated heterocycles. The first-order valence-electron chi connectivity index (χ1n) is 11.0. The van der Waals surface area contributed by atoms with E-state index in [1.54, 1.807) is 24.3 Å². The van der Waals surface area contributed by atoms with E-state index < -0.39 is 37.2 Å². The van der Waals surface area contributed by atoms with E-state index >= 15 is 0 Å². The Kier molecular flexibility index (Phi) is 12.8. The molecule has 13 nitrogen and oxygen atoms in total. The molecule has 15 heteroatoms. The normalized spacial score (nSPS) is 11.6. The van der Waals surface area contributed by atoms with Gasteiger partial charge >= 0.3 is 5.97 Å². The molecule has 0 heterocycles. The van der Waals surface area contributed by atoms with Crippen molar-refractivity contribution in [3.8, 4) is 0 Å². The lowest BCUT2D eigenvalue weighted by Crippen LogP contribution is -2.38. The molecule has 39 heavy (non-hydrogen) atoms. The molecule has 0 aliphatic heterocycles. The molecule has 3 aromatic rings. The number of ether oxygens (including phenoxy) is 1. The SMILES string of the molecule is Cc1ccc(S(=O)(=O)O)cc1.Cc1ccc(S(=O)(=O)O)cc1.NCC(N)C(=O)OCc1ccc([N+](=O)[O-])cc1. The van der Waals surface area contributed by atoms with Crippen molar-refractivity contribution in [3.05, 3.63) is 99.6 Å². The molecule has 212 valence electrons. The van der Waals surface area contributed by atoms with Gasteiger partial charge in [-0.05, 0) is 55.8 Å².